The van der Waals surface area contributed by atoms with Crippen LogP contribution in [0, 0.1) is 5.92 Å². The number of nitrogens with zero attached hydrogens (tertiary/aromatic N) is 2. The number of carbonyl (C=O) groups is 2. The maximum Gasteiger partial charge on any atom is 0.253 e. The van der Waals surface area contributed by atoms with Crippen LogP contribution < -0.4 is 0 Å². The highest BCUT2D eigenvalue weighted by Gasteiger charge is 2.37. The van der Waals surface area contributed by atoms with Crippen molar-refractivity contribution in [1.29, 1.82) is 0 Å². The number of carbonyl (C=O) groups excluding carboxylic acids is 2. The lowest BCUT2D eigenvalue weighted by Crippen LogP contribution is -2.41. The second-order valence-corrected chi connectivity index (χ2v) is 11.3. The number of halogens is 2. The van der Waals surface area contributed by atoms with Gasteiger partial charge in [-0.15, -0.1) is 0 Å². The van der Waals surface area contributed by atoms with E-state index in [0.717, 1.165) is 61.8 Å². The lowest BCUT2D eigenvalue weighted by Gasteiger charge is -2.33. The molecule has 2 aromatic carbocycles. The van der Waals surface area contributed by atoms with Crippen molar-refractivity contribution < 1.29 is 19.4 Å². The third kappa shape index (κ3) is 5.98. The van der Waals surface area contributed by atoms with Crippen LogP contribution in [0.1, 0.15) is 54.4 Å². The summed E-state index contributed by atoms with van der Waals surface area (Å²) >= 11 is 13.4. The van der Waals surface area contributed by atoms with Crippen LogP contribution in [0.25, 0.3) is 11.1 Å². The van der Waals surface area contributed by atoms with Gasteiger partial charge in [0.2, 0.25) is 5.91 Å². The van der Waals surface area contributed by atoms with Crippen molar-refractivity contribution in [3.8, 4) is 11.1 Å². The molecule has 1 atom stereocenters. The zero-order chi connectivity index (χ0) is 25.9. The number of ether oxygens (including phenoxy) is 1. The molecule has 6 nitrogen and oxygen atoms in total. The molecular weight excluding hydrogens is 511 g/mol. The lowest BCUT2D eigenvalue weighted by atomic mass is 9.92. The third-order valence-electron chi connectivity index (χ3n) is 8.02. The summed E-state index contributed by atoms with van der Waals surface area (Å²) in [7, 11) is 0. The van der Waals surface area contributed by atoms with Gasteiger partial charge in [-0.3, -0.25) is 9.59 Å². The Morgan fingerprint density at radius 3 is 2.32 bits per heavy atom. The molecule has 1 aliphatic carbocycles. The van der Waals surface area contributed by atoms with Crippen LogP contribution in [-0.2, 0) is 16.0 Å². The Kier molecular flexibility index (Phi) is 8.40. The Labute approximate surface area is 228 Å². The van der Waals surface area contributed by atoms with Crippen LogP contribution in [0.4, 0.5) is 0 Å². The monoisotopic (exact) mass is 544 g/mol. The molecule has 5 rings (SSSR count). The van der Waals surface area contributed by atoms with Crippen molar-refractivity contribution in [2.45, 2.75) is 57.1 Å². The quantitative estimate of drug-likeness (QED) is 0.560. The Bertz CT molecular complexity index is 1100. The van der Waals surface area contributed by atoms with Gasteiger partial charge in [0.1, 0.15) is 0 Å². The van der Waals surface area contributed by atoms with Crippen LogP contribution in [0.3, 0.4) is 0 Å². The number of hydrogen-bond donors (Lipinski definition) is 1. The zero-order valence-electron chi connectivity index (χ0n) is 21.0. The molecule has 0 bridgehead atoms. The van der Waals surface area contributed by atoms with Gasteiger partial charge < -0.3 is 19.6 Å². The largest absolute Gasteiger partial charge is 0.393 e. The second-order valence-electron chi connectivity index (χ2n) is 10.4. The first kappa shape index (κ1) is 26.5. The van der Waals surface area contributed by atoms with Crippen LogP contribution in [0.2, 0.25) is 10.0 Å². The van der Waals surface area contributed by atoms with E-state index >= 15 is 0 Å². The molecular formula is C29H34Cl2N2O4. The molecule has 2 amide bonds. The Hall–Kier alpha value is -2.12. The molecule has 2 heterocycles. The first-order valence-corrected chi connectivity index (χ1v) is 14.1. The van der Waals surface area contributed by atoms with Crippen LogP contribution >= 0.6 is 23.2 Å². The van der Waals surface area contributed by atoms with Gasteiger partial charge in [-0.25, -0.2) is 0 Å². The second kappa shape index (κ2) is 11.7. The van der Waals surface area contributed by atoms with Crippen molar-refractivity contribution >= 4 is 35.0 Å². The van der Waals surface area contributed by atoms with Gasteiger partial charge in [0.15, 0.2) is 0 Å². The molecule has 8 heteroatoms. The fourth-order valence-electron chi connectivity index (χ4n) is 5.83. The molecule has 0 radical (unpaired) electrons. The summed E-state index contributed by atoms with van der Waals surface area (Å²) in [5, 5.41) is 10.9. The van der Waals surface area contributed by atoms with Gasteiger partial charge >= 0.3 is 0 Å². The van der Waals surface area contributed by atoms with Gasteiger partial charge in [0, 0.05) is 53.8 Å². The molecule has 3 fully saturated rings. The first-order chi connectivity index (χ1) is 17.9. The maximum absolute atomic E-state index is 13.2. The molecule has 2 aromatic rings. The number of aliphatic hydroxyl groups excluding tert-OH is 1. The molecule has 0 aromatic heterocycles. The van der Waals surface area contributed by atoms with E-state index in [1.807, 2.05) is 46.2 Å². The third-order valence-corrected chi connectivity index (χ3v) is 8.70. The van der Waals surface area contributed by atoms with Gasteiger partial charge in [-0.1, -0.05) is 35.3 Å². The number of rotatable bonds is 5. The first-order valence-electron chi connectivity index (χ1n) is 13.3. The highest BCUT2D eigenvalue weighted by Crippen LogP contribution is 2.36. The van der Waals surface area contributed by atoms with Crippen LogP contribution in [-0.4, -0.2) is 71.7 Å². The molecule has 2 aliphatic heterocycles. The number of benzene rings is 2. The van der Waals surface area contributed by atoms with Crippen molar-refractivity contribution in [2.75, 3.05) is 32.8 Å². The van der Waals surface area contributed by atoms with Gasteiger partial charge in [0.25, 0.3) is 5.91 Å². The molecule has 0 unspecified atom stereocenters. The number of likely N-dealkylation sites (tertiary alicyclic amines) is 1. The summed E-state index contributed by atoms with van der Waals surface area (Å²) in [6.07, 6.45) is 5.20. The van der Waals surface area contributed by atoms with Crippen LogP contribution in [0.15, 0.2) is 36.4 Å². The average Bonchev–Trinajstić information content (AvgIpc) is 3.08. The molecule has 0 spiro atoms. The SMILES string of the molecule is O=C(c1ccc(-c2cc(Cl)c(C[C@@H]3CCN(C4CCC(O)CC4)C3=O)c(Cl)c2)cc1)N1CCCOCC1. The Balaban J connectivity index is 1.25. The van der Waals surface area contributed by atoms with Gasteiger partial charge in [-0.2, -0.15) is 0 Å². The van der Waals surface area contributed by atoms with Crippen molar-refractivity contribution in [2.24, 2.45) is 5.92 Å². The van der Waals surface area contributed by atoms with E-state index in [9.17, 15) is 14.7 Å². The van der Waals surface area contributed by atoms with Crippen molar-refractivity contribution in [3.05, 3.63) is 57.6 Å². The minimum Gasteiger partial charge on any atom is -0.393 e. The van der Waals surface area contributed by atoms with E-state index < -0.39 is 0 Å². The number of amides is 2. The molecule has 198 valence electrons. The highest BCUT2D eigenvalue weighted by molar-refractivity contribution is 6.36. The maximum atomic E-state index is 13.2. The fourth-order valence-corrected chi connectivity index (χ4v) is 6.47. The summed E-state index contributed by atoms with van der Waals surface area (Å²) in [6, 6.07) is 11.5. The zero-order valence-corrected chi connectivity index (χ0v) is 22.5. The topological polar surface area (TPSA) is 70.1 Å². The molecule has 1 N–H and O–H groups in total. The van der Waals surface area contributed by atoms with Gasteiger partial charge in [0.05, 0.1) is 12.7 Å². The fraction of sp³-hybridized carbons (Fsp3) is 0.517. The summed E-state index contributed by atoms with van der Waals surface area (Å²) in [5.74, 6) is 0.0688. The van der Waals surface area contributed by atoms with E-state index in [1.54, 1.807) is 0 Å². The standard InChI is InChI=1S/C29H34Cl2N2O4/c30-26-17-22(19-2-4-20(5-3-19)28(35)32-11-1-14-37-15-13-32)18-27(31)25(26)16-21-10-12-33(29(21)36)23-6-8-24(34)9-7-23/h2-5,17-18,21,23-24,34H,1,6-16H2/t21-,23?,24?/m0/s1. The predicted octanol–water partition coefficient (Wildman–Crippen LogP) is 5.22. The molecule has 3 aliphatic rings. The van der Waals surface area contributed by atoms with E-state index in [4.69, 9.17) is 27.9 Å². The van der Waals surface area contributed by atoms with E-state index in [0.29, 0.717) is 48.3 Å². The highest BCUT2D eigenvalue weighted by atomic mass is 35.5. The summed E-state index contributed by atoms with van der Waals surface area (Å²) in [5.41, 5.74) is 3.26. The predicted molar refractivity (Wildman–Crippen MR) is 145 cm³/mol. The number of hydrogen-bond acceptors (Lipinski definition) is 4. The average molecular weight is 546 g/mol. The van der Waals surface area contributed by atoms with Gasteiger partial charge in [-0.05, 0) is 85.9 Å². The minimum absolute atomic E-state index is 0.0168. The summed E-state index contributed by atoms with van der Waals surface area (Å²) in [6.45, 7) is 3.34. The van der Waals surface area contributed by atoms with Crippen LogP contribution in [0.5, 0.6) is 0 Å². The minimum atomic E-state index is -0.230. The van der Waals surface area contributed by atoms with Crippen molar-refractivity contribution in [3.63, 3.8) is 0 Å². The lowest BCUT2D eigenvalue weighted by molar-refractivity contribution is -0.133. The van der Waals surface area contributed by atoms with Crippen molar-refractivity contribution in [1.82, 2.24) is 9.80 Å². The molecule has 1 saturated carbocycles. The molecule has 37 heavy (non-hydrogen) atoms. The summed E-state index contributed by atoms with van der Waals surface area (Å²) in [4.78, 5) is 29.9. The summed E-state index contributed by atoms with van der Waals surface area (Å²) < 4.78 is 5.46. The van der Waals surface area contributed by atoms with E-state index in [-0.39, 0.29) is 29.9 Å². The number of aliphatic hydroxyl groups is 1. The Morgan fingerprint density at radius 2 is 1.62 bits per heavy atom. The van der Waals surface area contributed by atoms with E-state index in [2.05, 4.69) is 0 Å². The smallest absolute Gasteiger partial charge is 0.253 e. The normalized spacial score (nSPS) is 24.8. The van der Waals surface area contributed by atoms with E-state index in [1.165, 1.54) is 0 Å². The Morgan fingerprint density at radius 1 is 0.919 bits per heavy atom. The molecule has 2 saturated heterocycles.